The van der Waals surface area contributed by atoms with Crippen LogP contribution in [0.1, 0.15) is 0 Å². The van der Waals surface area contributed by atoms with E-state index < -0.39 is 16.6 Å². The van der Waals surface area contributed by atoms with Gasteiger partial charge in [0.25, 0.3) is 0 Å². The molecule has 154 valence electrons. The minimum Gasteiger partial charge on any atom is -0.368 e. The molecule has 2 heterocycles. The first kappa shape index (κ1) is 19.5. The number of hydrogen-bond acceptors (Lipinski definition) is 7. The fourth-order valence-corrected chi connectivity index (χ4v) is 3.39. The number of hydrogen-bond donors (Lipinski definition) is 1. The fraction of sp³-hybridized carbons (Fsp3) is 0.200. The second kappa shape index (κ2) is 8.27. The second-order valence-corrected chi connectivity index (χ2v) is 6.72. The van der Waals surface area contributed by atoms with Crippen LogP contribution in [-0.2, 0) is 0 Å². The van der Waals surface area contributed by atoms with Crippen LogP contribution in [0.4, 0.5) is 37.5 Å². The van der Waals surface area contributed by atoms with Gasteiger partial charge in [0.05, 0.1) is 4.92 Å². The van der Waals surface area contributed by atoms with Crippen molar-refractivity contribution in [3.05, 3.63) is 76.6 Å². The minimum absolute atomic E-state index is 0.0819. The molecule has 1 aliphatic rings. The van der Waals surface area contributed by atoms with Gasteiger partial charge in [0.2, 0.25) is 11.6 Å². The van der Waals surface area contributed by atoms with Crippen LogP contribution in [0.2, 0.25) is 0 Å². The van der Waals surface area contributed by atoms with Gasteiger partial charge < -0.3 is 15.1 Å². The highest BCUT2D eigenvalue weighted by atomic mass is 19.2. The Morgan fingerprint density at radius 1 is 0.933 bits per heavy atom. The highest BCUT2D eigenvalue weighted by molar-refractivity contribution is 5.74. The Labute approximate surface area is 170 Å². The molecular weight excluding hydrogens is 394 g/mol. The summed E-state index contributed by atoms with van der Waals surface area (Å²) in [6.45, 7) is 2.43. The van der Waals surface area contributed by atoms with Crippen molar-refractivity contribution < 1.29 is 13.7 Å². The lowest BCUT2D eigenvalue weighted by Crippen LogP contribution is -2.47. The van der Waals surface area contributed by atoms with Crippen molar-refractivity contribution in [3.8, 4) is 0 Å². The van der Waals surface area contributed by atoms with Crippen LogP contribution < -0.4 is 15.1 Å². The number of para-hydroxylation sites is 1. The average molecular weight is 412 g/mol. The molecule has 1 aliphatic heterocycles. The summed E-state index contributed by atoms with van der Waals surface area (Å²) in [5.41, 5.74) is 0.931. The number of piperazine rings is 1. The molecule has 2 aromatic carbocycles. The maximum atomic E-state index is 13.5. The summed E-state index contributed by atoms with van der Waals surface area (Å²) in [5, 5.41) is 14.5. The van der Waals surface area contributed by atoms with Gasteiger partial charge in [-0.1, -0.05) is 18.2 Å². The van der Waals surface area contributed by atoms with E-state index in [-0.39, 0.29) is 23.0 Å². The minimum atomic E-state index is -1.06. The smallest absolute Gasteiger partial charge is 0.353 e. The molecule has 0 saturated carbocycles. The molecule has 30 heavy (non-hydrogen) atoms. The van der Waals surface area contributed by atoms with Gasteiger partial charge in [-0.2, -0.15) is 0 Å². The van der Waals surface area contributed by atoms with Crippen molar-refractivity contribution in [1.82, 2.24) is 9.97 Å². The molecule has 0 amide bonds. The molecule has 0 bridgehead atoms. The molecule has 1 saturated heterocycles. The van der Waals surface area contributed by atoms with Gasteiger partial charge in [0.15, 0.2) is 11.6 Å². The molecule has 10 heteroatoms. The van der Waals surface area contributed by atoms with Crippen LogP contribution >= 0.6 is 0 Å². The summed E-state index contributed by atoms with van der Waals surface area (Å²) in [6.07, 6.45) is 1.22. The van der Waals surface area contributed by atoms with E-state index in [2.05, 4.69) is 20.2 Å². The summed E-state index contributed by atoms with van der Waals surface area (Å²) < 4.78 is 26.7. The highest BCUT2D eigenvalue weighted by Gasteiger charge is 2.29. The van der Waals surface area contributed by atoms with E-state index in [0.29, 0.717) is 26.2 Å². The van der Waals surface area contributed by atoms with Gasteiger partial charge in [-0.3, -0.25) is 10.1 Å². The van der Waals surface area contributed by atoms with Crippen molar-refractivity contribution in [1.29, 1.82) is 0 Å². The van der Waals surface area contributed by atoms with Crippen LogP contribution in [0.3, 0.4) is 0 Å². The lowest BCUT2D eigenvalue weighted by molar-refractivity contribution is -0.383. The van der Waals surface area contributed by atoms with E-state index in [9.17, 15) is 18.9 Å². The molecule has 0 radical (unpaired) electrons. The van der Waals surface area contributed by atoms with Gasteiger partial charge in [0.1, 0.15) is 6.33 Å². The summed E-state index contributed by atoms with van der Waals surface area (Å²) >= 11 is 0. The molecule has 0 spiro atoms. The Balaban J connectivity index is 1.57. The maximum absolute atomic E-state index is 13.5. The number of benzene rings is 2. The van der Waals surface area contributed by atoms with Gasteiger partial charge >= 0.3 is 5.69 Å². The van der Waals surface area contributed by atoms with Crippen LogP contribution in [-0.4, -0.2) is 41.1 Å². The summed E-state index contributed by atoms with van der Waals surface area (Å²) in [6, 6.07) is 13.1. The number of anilines is 4. The first-order valence-corrected chi connectivity index (χ1v) is 9.29. The van der Waals surface area contributed by atoms with Crippen LogP contribution in [0, 0.1) is 21.7 Å². The average Bonchev–Trinajstić information content (AvgIpc) is 2.77. The Kier molecular flexibility index (Phi) is 5.38. The second-order valence-electron chi connectivity index (χ2n) is 6.72. The number of rotatable bonds is 5. The molecular formula is C20H18F2N6O2. The third kappa shape index (κ3) is 3.97. The highest BCUT2D eigenvalue weighted by Crippen LogP contribution is 2.34. The zero-order chi connectivity index (χ0) is 21.1. The van der Waals surface area contributed by atoms with Gasteiger partial charge in [-0.05, 0) is 24.3 Å². The van der Waals surface area contributed by atoms with E-state index in [4.69, 9.17) is 0 Å². The van der Waals surface area contributed by atoms with Crippen molar-refractivity contribution >= 4 is 28.7 Å². The van der Waals surface area contributed by atoms with E-state index in [1.165, 1.54) is 12.4 Å². The third-order valence-corrected chi connectivity index (χ3v) is 4.87. The molecule has 1 fully saturated rings. The third-order valence-electron chi connectivity index (χ3n) is 4.87. The predicted octanol–water partition coefficient (Wildman–Crippen LogP) is 3.73. The van der Waals surface area contributed by atoms with Gasteiger partial charge in [-0.15, -0.1) is 0 Å². The molecule has 4 rings (SSSR count). The summed E-state index contributed by atoms with van der Waals surface area (Å²) in [7, 11) is 0. The van der Waals surface area contributed by atoms with Crippen molar-refractivity contribution in [2.75, 3.05) is 41.3 Å². The largest absolute Gasteiger partial charge is 0.368 e. The Morgan fingerprint density at radius 2 is 1.63 bits per heavy atom. The van der Waals surface area contributed by atoms with E-state index in [1.807, 2.05) is 35.2 Å². The zero-order valence-corrected chi connectivity index (χ0v) is 15.8. The van der Waals surface area contributed by atoms with Gasteiger partial charge in [0, 0.05) is 43.6 Å². The van der Waals surface area contributed by atoms with E-state index >= 15 is 0 Å². The molecule has 0 aliphatic carbocycles. The topological polar surface area (TPSA) is 87.4 Å². The number of aromatic nitrogens is 2. The maximum Gasteiger partial charge on any atom is 0.353 e. The molecule has 0 unspecified atom stereocenters. The molecule has 8 nitrogen and oxygen atoms in total. The van der Waals surface area contributed by atoms with Crippen LogP contribution in [0.5, 0.6) is 0 Å². The normalized spacial score (nSPS) is 13.9. The van der Waals surface area contributed by atoms with Crippen LogP contribution in [0.15, 0.2) is 54.9 Å². The number of nitrogens with one attached hydrogen (secondary N) is 1. The van der Waals surface area contributed by atoms with Crippen molar-refractivity contribution in [3.63, 3.8) is 0 Å². The lowest BCUT2D eigenvalue weighted by Gasteiger charge is -2.36. The Morgan fingerprint density at radius 3 is 2.30 bits per heavy atom. The standard InChI is InChI=1S/C20H18F2N6O2/c21-16-7-6-14(12-17(16)22)25-19-18(28(29)30)20(24-13-23-19)27-10-8-26(9-11-27)15-4-2-1-3-5-15/h1-7,12-13H,8-11H2,(H,23,24,25). The predicted molar refractivity (Wildman–Crippen MR) is 109 cm³/mol. The van der Waals surface area contributed by atoms with Crippen molar-refractivity contribution in [2.45, 2.75) is 0 Å². The summed E-state index contributed by atoms with van der Waals surface area (Å²) in [4.78, 5) is 23.3. The lowest BCUT2D eigenvalue weighted by atomic mass is 10.2. The molecule has 1 N–H and O–H groups in total. The Hall–Kier alpha value is -3.82. The molecule has 1 aromatic heterocycles. The van der Waals surface area contributed by atoms with Gasteiger partial charge in [-0.25, -0.2) is 18.7 Å². The zero-order valence-electron chi connectivity index (χ0n) is 15.8. The van der Waals surface area contributed by atoms with E-state index in [1.54, 1.807) is 0 Å². The number of halogens is 2. The fourth-order valence-electron chi connectivity index (χ4n) is 3.39. The number of nitro groups is 1. The van der Waals surface area contributed by atoms with Crippen molar-refractivity contribution in [2.24, 2.45) is 0 Å². The Bertz CT molecular complexity index is 1060. The number of nitrogens with zero attached hydrogens (tertiary/aromatic N) is 5. The van der Waals surface area contributed by atoms with E-state index in [0.717, 1.165) is 17.8 Å². The quantitative estimate of drug-likeness (QED) is 0.505. The first-order chi connectivity index (χ1) is 14.5. The monoisotopic (exact) mass is 412 g/mol. The summed E-state index contributed by atoms with van der Waals surface area (Å²) in [5.74, 6) is -1.96. The van der Waals surface area contributed by atoms with Crippen LogP contribution in [0.25, 0.3) is 0 Å². The first-order valence-electron chi connectivity index (χ1n) is 9.29. The SMILES string of the molecule is O=[N+]([O-])c1c(Nc2ccc(F)c(F)c2)ncnc1N1CCN(c2ccccc2)CC1. The molecule has 3 aromatic rings. The molecule has 0 atom stereocenters.